The molecule has 5 atom stereocenters. The van der Waals surface area contributed by atoms with Gasteiger partial charge in [0.15, 0.2) is 17.9 Å². The lowest BCUT2D eigenvalue weighted by molar-refractivity contribution is -0.282. The molecule has 2 saturated heterocycles. The molecule has 108 valence electrons. The highest BCUT2D eigenvalue weighted by atomic mass is 16.8. The van der Waals surface area contributed by atoms with E-state index < -0.39 is 30.1 Å². The average Bonchev–Trinajstić information content (AvgIpc) is 2.55. The Labute approximate surface area is 114 Å². The highest BCUT2D eigenvalue weighted by molar-refractivity contribution is 5.05. The van der Waals surface area contributed by atoms with E-state index in [0.717, 1.165) is 0 Å². The minimum Gasteiger partial charge on any atom is -0.366 e. The molecule has 0 amide bonds. The predicted molar refractivity (Wildman–Crippen MR) is 67.9 cm³/mol. The van der Waals surface area contributed by atoms with E-state index in [9.17, 15) is 5.11 Å². The lowest BCUT2D eigenvalue weighted by Gasteiger charge is -2.41. The van der Waals surface area contributed by atoms with Gasteiger partial charge in [0.1, 0.15) is 12.2 Å². The molecule has 2 rings (SSSR count). The summed E-state index contributed by atoms with van der Waals surface area (Å²) in [5.41, 5.74) is 0. The van der Waals surface area contributed by atoms with Crippen LogP contribution < -0.4 is 0 Å². The van der Waals surface area contributed by atoms with Crippen LogP contribution in [0.25, 0.3) is 0 Å². The Bertz CT molecular complexity index is 378. The lowest BCUT2D eigenvalue weighted by Crippen LogP contribution is -2.55. The zero-order valence-electron chi connectivity index (χ0n) is 12.0. The Balaban J connectivity index is 2.23. The first kappa shape index (κ1) is 14.8. The summed E-state index contributed by atoms with van der Waals surface area (Å²) in [4.78, 5) is 0. The van der Waals surface area contributed by atoms with Crippen LogP contribution in [0.3, 0.4) is 0 Å². The first-order chi connectivity index (χ1) is 8.63. The van der Waals surface area contributed by atoms with E-state index in [4.69, 9.17) is 25.4 Å². The maximum absolute atomic E-state index is 9.89. The van der Waals surface area contributed by atoms with E-state index in [1.54, 1.807) is 13.8 Å². The third-order valence-electron chi connectivity index (χ3n) is 3.28. The summed E-state index contributed by atoms with van der Waals surface area (Å²) in [7, 11) is 0. The summed E-state index contributed by atoms with van der Waals surface area (Å²) >= 11 is 0. The molecule has 2 fully saturated rings. The number of terminal acetylenes is 1. The van der Waals surface area contributed by atoms with Gasteiger partial charge < -0.3 is 24.1 Å². The molecule has 0 spiro atoms. The number of hydrogen-bond donors (Lipinski definition) is 1. The topological polar surface area (TPSA) is 57.2 Å². The smallest absolute Gasteiger partial charge is 0.191 e. The molecule has 0 aliphatic carbocycles. The number of fused-ring (bicyclic) bond motifs is 1. The third kappa shape index (κ3) is 3.10. The second-order valence-corrected chi connectivity index (χ2v) is 6.08. The Morgan fingerprint density at radius 3 is 2.47 bits per heavy atom. The molecule has 2 aliphatic heterocycles. The molecule has 1 N–H and O–H groups in total. The van der Waals surface area contributed by atoms with Crippen molar-refractivity contribution in [1.29, 1.82) is 0 Å². The van der Waals surface area contributed by atoms with E-state index >= 15 is 0 Å². The Morgan fingerprint density at radius 1 is 1.32 bits per heavy atom. The fraction of sp³-hybridized carbons (Fsp3) is 0.857. The zero-order valence-corrected chi connectivity index (χ0v) is 12.0. The van der Waals surface area contributed by atoms with Gasteiger partial charge in [-0.05, 0) is 27.7 Å². The molecule has 5 heteroatoms. The maximum Gasteiger partial charge on any atom is 0.191 e. The van der Waals surface area contributed by atoms with Crippen LogP contribution in [0.4, 0.5) is 0 Å². The highest BCUT2D eigenvalue weighted by Gasteiger charge is 2.54. The molecule has 0 bridgehead atoms. The number of aliphatic hydroxyl groups is 1. The van der Waals surface area contributed by atoms with Gasteiger partial charge in [0.2, 0.25) is 0 Å². The van der Waals surface area contributed by atoms with E-state index in [0.29, 0.717) is 0 Å². The minimum atomic E-state index is -1.27. The van der Waals surface area contributed by atoms with Crippen LogP contribution in [0.5, 0.6) is 0 Å². The molecule has 2 aliphatic rings. The average molecular weight is 270 g/mol. The minimum absolute atomic E-state index is 0.102. The molecular formula is C14H22O5. The van der Waals surface area contributed by atoms with Crippen LogP contribution in [-0.2, 0) is 18.9 Å². The van der Waals surface area contributed by atoms with Crippen LogP contribution in [-0.4, -0.2) is 41.3 Å². The zero-order chi connectivity index (χ0) is 14.4. The maximum atomic E-state index is 9.89. The van der Waals surface area contributed by atoms with Crippen LogP contribution in [0.1, 0.15) is 34.6 Å². The molecule has 0 aromatic rings. The SMILES string of the molecule is C#C[C@@H]1OC2OC(C)(C)OC2[C@H](OC(C)(C)O)[C@@H]1C. The van der Waals surface area contributed by atoms with Crippen LogP contribution in [0.15, 0.2) is 0 Å². The van der Waals surface area contributed by atoms with Crippen LogP contribution >= 0.6 is 0 Å². The first-order valence-corrected chi connectivity index (χ1v) is 6.50. The molecular weight excluding hydrogens is 248 g/mol. The Hall–Kier alpha value is -0.640. The molecule has 0 aromatic carbocycles. The normalized spacial score (nSPS) is 41.6. The molecule has 0 radical (unpaired) electrons. The molecule has 2 unspecified atom stereocenters. The van der Waals surface area contributed by atoms with Crippen molar-refractivity contribution in [2.24, 2.45) is 5.92 Å². The van der Waals surface area contributed by atoms with Crippen molar-refractivity contribution in [3.63, 3.8) is 0 Å². The van der Waals surface area contributed by atoms with Crippen molar-refractivity contribution in [3.05, 3.63) is 0 Å². The molecule has 5 nitrogen and oxygen atoms in total. The van der Waals surface area contributed by atoms with E-state index in [1.165, 1.54) is 0 Å². The predicted octanol–water partition coefficient (Wildman–Crippen LogP) is 1.25. The van der Waals surface area contributed by atoms with Crippen molar-refractivity contribution in [2.45, 2.75) is 70.8 Å². The largest absolute Gasteiger partial charge is 0.366 e. The standard InChI is InChI=1S/C14H22O5/c1-7-9-8(2)10(17-13(3,4)15)11-12(16-9)19-14(5,6)18-11/h1,8-12,15H,2-6H3/t8-,9+,10-,11?,12?/m1/s1. The fourth-order valence-corrected chi connectivity index (χ4v) is 2.52. The monoisotopic (exact) mass is 270 g/mol. The van der Waals surface area contributed by atoms with Gasteiger partial charge in [-0.3, -0.25) is 0 Å². The van der Waals surface area contributed by atoms with E-state index in [2.05, 4.69) is 5.92 Å². The quantitative estimate of drug-likeness (QED) is 0.604. The van der Waals surface area contributed by atoms with Crippen molar-refractivity contribution < 1.29 is 24.1 Å². The number of ether oxygens (including phenoxy) is 4. The fourth-order valence-electron chi connectivity index (χ4n) is 2.52. The third-order valence-corrected chi connectivity index (χ3v) is 3.28. The number of hydrogen-bond acceptors (Lipinski definition) is 5. The van der Waals surface area contributed by atoms with Gasteiger partial charge >= 0.3 is 0 Å². The Morgan fingerprint density at radius 2 is 1.95 bits per heavy atom. The van der Waals surface area contributed by atoms with E-state index in [-0.39, 0.29) is 12.0 Å². The van der Waals surface area contributed by atoms with Crippen molar-refractivity contribution in [2.75, 3.05) is 0 Å². The lowest BCUT2D eigenvalue weighted by atomic mass is 9.90. The van der Waals surface area contributed by atoms with Crippen LogP contribution in [0, 0.1) is 18.3 Å². The van der Waals surface area contributed by atoms with Crippen molar-refractivity contribution >= 4 is 0 Å². The van der Waals surface area contributed by atoms with Crippen LogP contribution in [0.2, 0.25) is 0 Å². The highest BCUT2D eigenvalue weighted by Crippen LogP contribution is 2.40. The summed E-state index contributed by atoms with van der Waals surface area (Å²) in [5, 5.41) is 9.89. The van der Waals surface area contributed by atoms with Gasteiger partial charge in [-0.1, -0.05) is 12.8 Å². The van der Waals surface area contributed by atoms with Gasteiger partial charge in [-0.2, -0.15) is 0 Å². The summed E-state index contributed by atoms with van der Waals surface area (Å²) in [6, 6.07) is 0. The van der Waals surface area contributed by atoms with Crippen molar-refractivity contribution in [1.82, 2.24) is 0 Å². The van der Waals surface area contributed by atoms with Gasteiger partial charge in [-0.15, -0.1) is 6.42 Å². The van der Waals surface area contributed by atoms with E-state index in [1.807, 2.05) is 20.8 Å². The molecule has 0 aromatic heterocycles. The van der Waals surface area contributed by atoms with Gasteiger partial charge in [0, 0.05) is 5.92 Å². The molecule has 2 heterocycles. The Kier molecular flexibility index (Phi) is 3.67. The second-order valence-electron chi connectivity index (χ2n) is 6.08. The number of rotatable bonds is 2. The van der Waals surface area contributed by atoms with Gasteiger partial charge in [0.05, 0.1) is 6.10 Å². The summed E-state index contributed by atoms with van der Waals surface area (Å²) in [6.45, 7) is 8.70. The first-order valence-electron chi connectivity index (χ1n) is 6.50. The second kappa shape index (κ2) is 4.72. The van der Waals surface area contributed by atoms with Crippen molar-refractivity contribution in [3.8, 4) is 12.3 Å². The summed E-state index contributed by atoms with van der Waals surface area (Å²) in [5.74, 6) is 0.470. The summed E-state index contributed by atoms with van der Waals surface area (Å²) in [6.07, 6.45) is 3.70. The van der Waals surface area contributed by atoms with Gasteiger partial charge in [0.25, 0.3) is 0 Å². The van der Waals surface area contributed by atoms with Gasteiger partial charge in [-0.25, -0.2) is 0 Å². The summed E-state index contributed by atoms with van der Waals surface area (Å²) < 4.78 is 22.9. The molecule has 19 heavy (non-hydrogen) atoms. The molecule has 0 saturated carbocycles.